The van der Waals surface area contributed by atoms with Crippen LogP contribution in [0, 0.1) is 6.92 Å². The molecule has 0 saturated heterocycles. The molecule has 2 aromatic heterocycles. The van der Waals surface area contributed by atoms with E-state index in [1.54, 1.807) is 0 Å². The first kappa shape index (κ1) is 14.4. The number of allylic oxidation sites excluding steroid dienone is 2. The Morgan fingerprint density at radius 1 is 1.27 bits per heavy atom. The Morgan fingerprint density at radius 3 is 2.91 bits per heavy atom. The highest BCUT2D eigenvalue weighted by molar-refractivity contribution is 5.77. The molecule has 4 nitrogen and oxygen atoms in total. The smallest absolute Gasteiger partial charge is 0.159 e. The van der Waals surface area contributed by atoms with Crippen molar-refractivity contribution in [1.82, 2.24) is 9.97 Å². The number of hydrogen-bond acceptors (Lipinski definition) is 4. The third kappa shape index (κ3) is 2.77. The van der Waals surface area contributed by atoms with Gasteiger partial charge >= 0.3 is 0 Å². The van der Waals surface area contributed by atoms with Crippen LogP contribution < -0.4 is 4.90 Å². The highest BCUT2D eigenvalue weighted by Gasteiger charge is 2.17. The first-order valence-electron chi connectivity index (χ1n) is 7.56. The van der Waals surface area contributed by atoms with E-state index in [1.807, 2.05) is 37.5 Å². The molecule has 0 N–H and O–H groups in total. The number of rotatable bonds is 2. The largest absolute Gasteiger partial charge is 0.329 e. The highest BCUT2D eigenvalue weighted by Crippen LogP contribution is 2.33. The van der Waals surface area contributed by atoms with Gasteiger partial charge in [-0.05, 0) is 45.0 Å². The number of pyridine rings is 2. The molecule has 0 unspecified atom stereocenters. The van der Waals surface area contributed by atoms with Gasteiger partial charge in [0.05, 0.1) is 5.69 Å². The summed E-state index contributed by atoms with van der Waals surface area (Å²) >= 11 is 0. The van der Waals surface area contributed by atoms with Crippen LogP contribution in [-0.4, -0.2) is 22.7 Å². The lowest BCUT2D eigenvalue weighted by atomic mass is 10.1. The predicted molar refractivity (Wildman–Crippen MR) is 91.8 cm³/mol. The first-order chi connectivity index (χ1) is 10.7. The second-order valence-corrected chi connectivity index (χ2v) is 5.41. The molecule has 0 atom stereocenters. The zero-order chi connectivity index (χ0) is 15.5. The standard InChI is InChI=1S/C18H20N4/c1-4-14(3)22-11-5-9-20-17-7-6-16(21-18(17)22)15-8-10-19-13(2)12-15/h4,6-10,12H,5,11H2,1-3H3/b14-4+. The molecule has 0 fully saturated rings. The lowest BCUT2D eigenvalue weighted by Gasteiger charge is -2.24. The van der Waals surface area contributed by atoms with Crippen LogP contribution in [0.3, 0.4) is 0 Å². The summed E-state index contributed by atoms with van der Waals surface area (Å²) in [6, 6.07) is 8.13. The van der Waals surface area contributed by atoms with E-state index >= 15 is 0 Å². The van der Waals surface area contributed by atoms with Gasteiger partial charge < -0.3 is 4.90 Å². The Kier molecular flexibility index (Phi) is 4.00. The normalized spacial score (nSPS) is 14.7. The Balaban J connectivity index is 2.11. The summed E-state index contributed by atoms with van der Waals surface area (Å²) in [7, 11) is 0. The molecule has 1 aliphatic heterocycles. The molecule has 112 valence electrons. The van der Waals surface area contributed by atoms with Crippen molar-refractivity contribution >= 4 is 17.7 Å². The number of nitrogens with zero attached hydrogens (tertiary/aromatic N) is 4. The van der Waals surface area contributed by atoms with E-state index in [-0.39, 0.29) is 0 Å². The van der Waals surface area contributed by atoms with Crippen molar-refractivity contribution in [2.24, 2.45) is 4.99 Å². The van der Waals surface area contributed by atoms with E-state index in [0.717, 1.165) is 41.4 Å². The molecular formula is C18H20N4. The molecule has 0 amide bonds. The Labute approximate surface area is 131 Å². The SMILES string of the molecule is C/C=C(\C)N1CCC=Nc2ccc(-c3ccnc(C)c3)nc21. The zero-order valence-electron chi connectivity index (χ0n) is 13.2. The highest BCUT2D eigenvalue weighted by atomic mass is 15.2. The van der Waals surface area contributed by atoms with Gasteiger partial charge in [0.1, 0.15) is 5.69 Å². The lowest BCUT2D eigenvalue weighted by molar-refractivity contribution is 0.903. The maximum absolute atomic E-state index is 4.88. The number of aryl methyl sites for hydroxylation is 1. The average Bonchev–Trinajstić information content (AvgIpc) is 2.76. The molecule has 0 spiro atoms. The van der Waals surface area contributed by atoms with Crippen LogP contribution in [0.15, 0.2) is 47.2 Å². The van der Waals surface area contributed by atoms with Crippen molar-refractivity contribution in [2.45, 2.75) is 27.2 Å². The lowest BCUT2D eigenvalue weighted by Crippen LogP contribution is -2.22. The summed E-state index contributed by atoms with van der Waals surface area (Å²) in [6.45, 7) is 7.06. The van der Waals surface area contributed by atoms with Gasteiger partial charge in [-0.3, -0.25) is 9.98 Å². The summed E-state index contributed by atoms with van der Waals surface area (Å²) < 4.78 is 0. The zero-order valence-corrected chi connectivity index (χ0v) is 13.2. The van der Waals surface area contributed by atoms with Crippen LogP contribution in [0.4, 0.5) is 11.5 Å². The molecule has 1 aliphatic rings. The van der Waals surface area contributed by atoms with Gasteiger partial charge in [0, 0.05) is 42.3 Å². The van der Waals surface area contributed by atoms with Crippen LogP contribution in [0.5, 0.6) is 0 Å². The van der Waals surface area contributed by atoms with Crippen molar-refractivity contribution in [3.05, 3.63) is 47.9 Å². The van der Waals surface area contributed by atoms with E-state index in [1.165, 1.54) is 5.70 Å². The third-order valence-electron chi connectivity index (χ3n) is 3.86. The minimum atomic E-state index is 0.901. The molecule has 2 aromatic rings. The van der Waals surface area contributed by atoms with Gasteiger partial charge in [0.2, 0.25) is 0 Å². The number of anilines is 1. The molecule has 0 bridgehead atoms. The topological polar surface area (TPSA) is 41.4 Å². The predicted octanol–water partition coefficient (Wildman–Crippen LogP) is 4.29. The summed E-state index contributed by atoms with van der Waals surface area (Å²) in [5, 5.41) is 0. The van der Waals surface area contributed by atoms with Gasteiger partial charge in [-0.2, -0.15) is 0 Å². The number of aliphatic imine (C=N–C) groups is 1. The van der Waals surface area contributed by atoms with E-state index in [0.29, 0.717) is 0 Å². The van der Waals surface area contributed by atoms with Crippen LogP contribution in [0.1, 0.15) is 26.0 Å². The minimum Gasteiger partial charge on any atom is -0.329 e. The Bertz CT molecular complexity index is 747. The fraction of sp³-hybridized carbons (Fsp3) is 0.278. The van der Waals surface area contributed by atoms with Crippen LogP contribution >= 0.6 is 0 Å². The maximum Gasteiger partial charge on any atom is 0.159 e. The number of fused-ring (bicyclic) bond motifs is 1. The number of hydrogen-bond donors (Lipinski definition) is 0. The molecular weight excluding hydrogens is 272 g/mol. The van der Waals surface area contributed by atoms with E-state index in [9.17, 15) is 0 Å². The van der Waals surface area contributed by atoms with Crippen molar-refractivity contribution in [1.29, 1.82) is 0 Å². The van der Waals surface area contributed by atoms with Crippen molar-refractivity contribution in [3.63, 3.8) is 0 Å². The van der Waals surface area contributed by atoms with Gasteiger partial charge in [-0.15, -0.1) is 0 Å². The van der Waals surface area contributed by atoms with E-state index < -0.39 is 0 Å². The fourth-order valence-electron chi connectivity index (χ4n) is 2.56. The minimum absolute atomic E-state index is 0.901. The van der Waals surface area contributed by atoms with E-state index in [4.69, 9.17) is 4.98 Å². The van der Waals surface area contributed by atoms with Crippen molar-refractivity contribution in [3.8, 4) is 11.3 Å². The fourth-order valence-corrected chi connectivity index (χ4v) is 2.56. The molecule has 0 aliphatic carbocycles. The Morgan fingerprint density at radius 2 is 2.14 bits per heavy atom. The van der Waals surface area contributed by atoms with Gasteiger partial charge in [-0.25, -0.2) is 4.98 Å². The van der Waals surface area contributed by atoms with Gasteiger partial charge in [0.25, 0.3) is 0 Å². The van der Waals surface area contributed by atoms with Crippen molar-refractivity contribution in [2.75, 3.05) is 11.4 Å². The molecule has 3 rings (SSSR count). The maximum atomic E-state index is 4.88. The van der Waals surface area contributed by atoms with Gasteiger partial charge in [-0.1, -0.05) is 6.08 Å². The monoisotopic (exact) mass is 292 g/mol. The first-order valence-corrected chi connectivity index (χ1v) is 7.56. The summed E-state index contributed by atoms with van der Waals surface area (Å²) in [5.74, 6) is 0.927. The van der Waals surface area contributed by atoms with Crippen LogP contribution in [0.25, 0.3) is 11.3 Å². The van der Waals surface area contributed by atoms with Crippen molar-refractivity contribution < 1.29 is 0 Å². The molecule has 0 aromatic carbocycles. The second kappa shape index (κ2) is 6.10. The summed E-state index contributed by atoms with van der Waals surface area (Å²) in [4.78, 5) is 15.9. The second-order valence-electron chi connectivity index (χ2n) is 5.41. The average molecular weight is 292 g/mol. The number of aromatic nitrogens is 2. The van der Waals surface area contributed by atoms with Gasteiger partial charge in [0.15, 0.2) is 5.82 Å². The third-order valence-corrected chi connectivity index (χ3v) is 3.86. The molecule has 22 heavy (non-hydrogen) atoms. The quantitative estimate of drug-likeness (QED) is 0.829. The Hall–Kier alpha value is -2.49. The summed E-state index contributed by atoms with van der Waals surface area (Å²) in [6.07, 6.45) is 6.83. The summed E-state index contributed by atoms with van der Waals surface area (Å²) in [5.41, 5.74) is 5.15. The molecule has 3 heterocycles. The molecule has 0 radical (unpaired) electrons. The van der Waals surface area contributed by atoms with E-state index in [2.05, 4.69) is 40.9 Å². The molecule has 0 saturated carbocycles. The molecule has 4 heteroatoms. The van der Waals surface area contributed by atoms with Crippen LogP contribution in [0.2, 0.25) is 0 Å². The van der Waals surface area contributed by atoms with Crippen LogP contribution in [-0.2, 0) is 0 Å².